The third-order valence-corrected chi connectivity index (χ3v) is 2.60. The molecule has 2 aromatic rings. The van der Waals surface area contributed by atoms with Gasteiger partial charge >= 0.3 is 0 Å². The van der Waals surface area contributed by atoms with Crippen molar-refractivity contribution in [3.8, 4) is 17.2 Å². The molecule has 4 nitrogen and oxygen atoms in total. The lowest BCUT2D eigenvalue weighted by molar-refractivity contribution is 0.410. The van der Waals surface area contributed by atoms with Gasteiger partial charge in [-0.2, -0.15) is 0 Å². The van der Waals surface area contributed by atoms with Crippen LogP contribution in [-0.2, 0) is 0 Å². The van der Waals surface area contributed by atoms with Crippen molar-refractivity contribution < 1.29 is 9.47 Å². The lowest BCUT2D eigenvalue weighted by Gasteiger charge is -2.14. The number of hydrogen-bond acceptors (Lipinski definition) is 4. The first-order valence-corrected chi connectivity index (χ1v) is 5.81. The summed E-state index contributed by atoms with van der Waals surface area (Å²) in [5, 5.41) is 0. The van der Waals surface area contributed by atoms with E-state index in [0.717, 1.165) is 17.1 Å². The number of methoxy groups -OCH3 is 1. The highest BCUT2D eigenvalue weighted by atomic mass is 16.5. The molecule has 18 heavy (non-hydrogen) atoms. The van der Waals surface area contributed by atoms with Gasteiger partial charge in [-0.25, -0.2) is 9.97 Å². The number of aromatic nitrogens is 2. The van der Waals surface area contributed by atoms with Gasteiger partial charge in [-0.3, -0.25) is 0 Å². The lowest BCUT2D eigenvalue weighted by atomic mass is 10.0. The maximum atomic E-state index is 5.79. The SMILES string of the molecule is COc1ccc(Oc2cncnc2)c(C(C)C)c1. The minimum absolute atomic E-state index is 0.347. The van der Waals surface area contributed by atoms with E-state index in [1.807, 2.05) is 18.2 Å². The van der Waals surface area contributed by atoms with E-state index >= 15 is 0 Å². The number of nitrogens with zero attached hydrogens (tertiary/aromatic N) is 2. The first kappa shape index (κ1) is 12.4. The molecule has 4 heteroatoms. The van der Waals surface area contributed by atoms with Crippen LogP contribution in [0, 0.1) is 0 Å². The first-order valence-electron chi connectivity index (χ1n) is 5.81. The third kappa shape index (κ3) is 2.77. The van der Waals surface area contributed by atoms with Crippen LogP contribution < -0.4 is 9.47 Å². The Balaban J connectivity index is 2.32. The summed E-state index contributed by atoms with van der Waals surface area (Å²) in [6.07, 6.45) is 4.76. The largest absolute Gasteiger partial charge is 0.497 e. The fourth-order valence-corrected chi connectivity index (χ4v) is 1.66. The molecule has 0 aliphatic rings. The molecule has 1 aromatic heterocycles. The second-order valence-electron chi connectivity index (χ2n) is 4.23. The minimum atomic E-state index is 0.347. The Labute approximate surface area is 107 Å². The minimum Gasteiger partial charge on any atom is -0.497 e. The molecule has 0 aliphatic heterocycles. The van der Waals surface area contributed by atoms with Gasteiger partial charge in [-0.05, 0) is 24.1 Å². The van der Waals surface area contributed by atoms with E-state index in [1.54, 1.807) is 19.5 Å². The monoisotopic (exact) mass is 244 g/mol. The first-order chi connectivity index (χ1) is 8.70. The molecule has 0 radical (unpaired) electrons. The predicted octanol–water partition coefficient (Wildman–Crippen LogP) is 3.40. The van der Waals surface area contributed by atoms with Crippen LogP contribution in [0.5, 0.6) is 17.2 Å². The second kappa shape index (κ2) is 5.49. The summed E-state index contributed by atoms with van der Waals surface area (Å²) in [5.74, 6) is 2.61. The van der Waals surface area contributed by atoms with Gasteiger partial charge in [-0.15, -0.1) is 0 Å². The van der Waals surface area contributed by atoms with Crippen LogP contribution in [0.1, 0.15) is 25.3 Å². The summed E-state index contributed by atoms with van der Waals surface area (Å²) in [4.78, 5) is 7.86. The fraction of sp³-hybridized carbons (Fsp3) is 0.286. The van der Waals surface area contributed by atoms with Crippen molar-refractivity contribution >= 4 is 0 Å². The summed E-state index contributed by atoms with van der Waals surface area (Å²) < 4.78 is 11.0. The summed E-state index contributed by atoms with van der Waals surface area (Å²) in [5.41, 5.74) is 1.10. The molecule has 0 spiro atoms. The van der Waals surface area contributed by atoms with Crippen molar-refractivity contribution in [2.45, 2.75) is 19.8 Å². The molecule has 0 N–H and O–H groups in total. The molecule has 2 rings (SSSR count). The molecule has 0 saturated heterocycles. The molecule has 94 valence electrons. The predicted molar refractivity (Wildman–Crippen MR) is 69.2 cm³/mol. The van der Waals surface area contributed by atoms with E-state index < -0.39 is 0 Å². The van der Waals surface area contributed by atoms with Gasteiger partial charge in [0.25, 0.3) is 0 Å². The van der Waals surface area contributed by atoms with Crippen LogP contribution in [0.4, 0.5) is 0 Å². The standard InChI is InChI=1S/C14H16N2O2/c1-10(2)13-6-11(17-3)4-5-14(13)18-12-7-15-9-16-8-12/h4-10H,1-3H3. The average Bonchev–Trinajstić information content (AvgIpc) is 2.40. The van der Waals surface area contributed by atoms with Crippen molar-refractivity contribution in [2.24, 2.45) is 0 Å². The Morgan fingerprint density at radius 2 is 1.78 bits per heavy atom. The number of hydrogen-bond donors (Lipinski definition) is 0. The summed E-state index contributed by atoms with van der Waals surface area (Å²) in [7, 11) is 1.66. The van der Waals surface area contributed by atoms with Crippen LogP contribution in [0.2, 0.25) is 0 Å². The van der Waals surface area contributed by atoms with E-state index in [0.29, 0.717) is 11.7 Å². The van der Waals surface area contributed by atoms with Gasteiger partial charge in [-0.1, -0.05) is 13.8 Å². The maximum absolute atomic E-state index is 5.79. The van der Waals surface area contributed by atoms with Gasteiger partial charge in [0.05, 0.1) is 19.5 Å². The highest BCUT2D eigenvalue weighted by Crippen LogP contribution is 2.32. The maximum Gasteiger partial charge on any atom is 0.164 e. The Kier molecular flexibility index (Phi) is 3.77. The molecular formula is C14H16N2O2. The quantitative estimate of drug-likeness (QED) is 0.826. The van der Waals surface area contributed by atoms with Crippen LogP contribution >= 0.6 is 0 Å². The van der Waals surface area contributed by atoms with E-state index in [-0.39, 0.29) is 0 Å². The Morgan fingerprint density at radius 3 is 2.39 bits per heavy atom. The molecule has 1 aromatic carbocycles. The number of rotatable bonds is 4. The van der Waals surface area contributed by atoms with E-state index in [1.165, 1.54) is 6.33 Å². The molecule has 0 saturated carbocycles. The molecule has 0 atom stereocenters. The Morgan fingerprint density at radius 1 is 1.06 bits per heavy atom. The van der Waals surface area contributed by atoms with Crippen molar-refractivity contribution in [3.63, 3.8) is 0 Å². The highest BCUT2D eigenvalue weighted by Gasteiger charge is 2.10. The van der Waals surface area contributed by atoms with Crippen LogP contribution in [0.15, 0.2) is 36.9 Å². The van der Waals surface area contributed by atoms with Crippen molar-refractivity contribution in [1.82, 2.24) is 9.97 Å². The normalized spacial score (nSPS) is 10.4. The molecule has 0 fully saturated rings. The van der Waals surface area contributed by atoms with Gasteiger partial charge in [0.15, 0.2) is 5.75 Å². The molecule has 0 amide bonds. The van der Waals surface area contributed by atoms with E-state index in [4.69, 9.17) is 9.47 Å². The molecular weight excluding hydrogens is 228 g/mol. The summed E-state index contributed by atoms with van der Waals surface area (Å²) in [6, 6.07) is 5.77. The van der Waals surface area contributed by atoms with Gasteiger partial charge in [0, 0.05) is 5.56 Å². The van der Waals surface area contributed by atoms with Gasteiger partial charge in [0.2, 0.25) is 0 Å². The fourth-order valence-electron chi connectivity index (χ4n) is 1.66. The Hall–Kier alpha value is -2.10. The van der Waals surface area contributed by atoms with Crippen molar-refractivity contribution in [3.05, 3.63) is 42.5 Å². The molecule has 0 unspecified atom stereocenters. The van der Waals surface area contributed by atoms with Gasteiger partial charge in [0.1, 0.15) is 17.8 Å². The number of benzene rings is 1. The molecule has 1 heterocycles. The van der Waals surface area contributed by atoms with E-state index in [9.17, 15) is 0 Å². The zero-order chi connectivity index (χ0) is 13.0. The summed E-state index contributed by atoms with van der Waals surface area (Å²) in [6.45, 7) is 4.23. The van der Waals surface area contributed by atoms with Gasteiger partial charge < -0.3 is 9.47 Å². The second-order valence-corrected chi connectivity index (χ2v) is 4.23. The average molecular weight is 244 g/mol. The van der Waals surface area contributed by atoms with Crippen molar-refractivity contribution in [1.29, 1.82) is 0 Å². The van der Waals surface area contributed by atoms with Crippen LogP contribution in [-0.4, -0.2) is 17.1 Å². The molecule has 0 aliphatic carbocycles. The zero-order valence-electron chi connectivity index (χ0n) is 10.8. The summed E-state index contributed by atoms with van der Waals surface area (Å²) >= 11 is 0. The van der Waals surface area contributed by atoms with Crippen molar-refractivity contribution in [2.75, 3.05) is 7.11 Å². The molecule has 0 bridgehead atoms. The van der Waals surface area contributed by atoms with Crippen LogP contribution in [0.3, 0.4) is 0 Å². The topological polar surface area (TPSA) is 44.2 Å². The van der Waals surface area contributed by atoms with Crippen LogP contribution in [0.25, 0.3) is 0 Å². The number of ether oxygens (including phenoxy) is 2. The third-order valence-electron chi connectivity index (χ3n) is 2.60. The highest BCUT2D eigenvalue weighted by molar-refractivity contribution is 5.43. The lowest BCUT2D eigenvalue weighted by Crippen LogP contribution is -1.96. The zero-order valence-corrected chi connectivity index (χ0v) is 10.8. The smallest absolute Gasteiger partial charge is 0.164 e. The van der Waals surface area contributed by atoms with E-state index in [2.05, 4.69) is 23.8 Å². The Bertz CT molecular complexity index is 512.